The van der Waals surface area contributed by atoms with Gasteiger partial charge in [0, 0.05) is 0 Å². The summed E-state index contributed by atoms with van der Waals surface area (Å²) in [4.78, 5) is 22.4. The van der Waals surface area contributed by atoms with Crippen LogP contribution >= 0.6 is 22.7 Å². The van der Waals surface area contributed by atoms with E-state index in [9.17, 15) is 4.79 Å². The third-order valence-corrected chi connectivity index (χ3v) is 5.94. The topological polar surface area (TPSA) is 47.2 Å². The van der Waals surface area contributed by atoms with Gasteiger partial charge in [-0.3, -0.25) is 4.79 Å². The molecule has 0 aliphatic heterocycles. The van der Waals surface area contributed by atoms with Crippen LogP contribution in [0, 0.1) is 40.0 Å². The molecule has 6 heteroatoms. The number of hydrogen-bond acceptors (Lipinski definition) is 4. The van der Waals surface area contributed by atoms with E-state index in [1.54, 1.807) is 0 Å². The molecule has 0 atom stereocenters. The van der Waals surface area contributed by atoms with Crippen molar-refractivity contribution in [3.63, 3.8) is 0 Å². The van der Waals surface area contributed by atoms with Crippen LogP contribution in [0.4, 0.5) is 0 Å². The molecule has 0 spiro atoms. The number of carbonyl (C=O) groups excluding carboxylic acids is 1. The van der Waals surface area contributed by atoms with Crippen LogP contribution in [0.25, 0.3) is 10.2 Å². The lowest BCUT2D eigenvalue weighted by molar-refractivity contribution is 0.100. The molecular formula is C18H17N3OS2. The van der Waals surface area contributed by atoms with E-state index < -0.39 is 0 Å². The summed E-state index contributed by atoms with van der Waals surface area (Å²) in [5.41, 5.74) is 4.15. The molecule has 3 aromatic rings. The zero-order valence-electron chi connectivity index (χ0n) is 14.0. The first-order chi connectivity index (χ1) is 11.4. The number of nitrogens with zero attached hydrogens (tertiary/aromatic N) is 3. The number of terminal acetylenes is 1. The van der Waals surface area contributed by atoms with Gasteiger partial charge >= 0.3 is 0 Å². The van der Waals surface area contributed by atoms with Gasteiger partial charge in [0.25, 0.3) is 5.91 Å². The summed E-state index contributed by atoms with van der Waals surface area (Å²) < 4.78 is 3.00. The van der Waals surface area contributed by atoms with Crippen molar-refractivity contribution in [2.75, 3.05) is 0 Å². The van der Waals surface area contributed by atoms with E-state index in [0.717, 1.165) is 20.9 Å². The normalized spacial score (nSPS) is 11.9. The van der Waals surface area contributed by atoms with Gasteiger partial charge in [-0.2, -0.15) is 4.99 Å². The first-order valence-electron chi connectivity index (χ1n) is 7.48. The molecule has 1 aromatic carbocycles. The quantitative estimate of drug-likeness (QED) is 0.657. The van der Waals surface area contributed by atoms with Gasteiger partial charge in [-0.15, -0.1) is 17.8 Å². The molecule has 0 aliphatic rings. The average molecular weight is 355 g/mol. The van der Waals surface area contributed by atoms with Crippen LogP contribution in [0.2, 0.25) is 0 Å². The fourth-order valence-electron chi connectivity index (χ4n) is 2.52. The highest BCUT2D eigenvalue weighted by Gasteiger charge is 2.14. The summed E-state index contributed by atoms with van der Waals surface area (Å²) in [7, 11) is 0. The van der Waals surface area contributed by atoms with Crippen molar-refractivity contribution in [2.24, 2.45) is 4.99 Å². The van der Waals surface area contributed by atoms with Crippen LogP contribution < -0.4 is 4.80 Å². The molecule has 0 N–H and O–H groups in total. The highest BCUT2D eigenvalue weighted by atomic mass is 32.1. The lowest BCUT2D eigenvalue weighted by Gasteiger charge is -2.03. The zero-order chi connectivity index (χ0) is 17.4. The van der Waals surface area contributed by atoms with Gasteiger partial charge in [0.2, 0.25) is 0 Å². The Bertz CT molecular complexity index is 1060. The van der Waals surface area contributed by atoms with E-state index in [1.807, 2.05) is 18.4 Å². The number of aromatic nitrogens is 2. The molecule has 122 valence electrons. The third kappa shape index (κ3) is 2.93. The molecule has 0 fully saturated rings. The number of hydrogen-bond donors (Lipinski definition) is 0. The number of fused-ring (bicyclic) bond motifs is 1. The van der Waals surface area contributed by atoms with Crippen LogP contribution in [0.1, 0.15) is 31.5 Å². The molecule has 4 nitrogen and oxygen atoms in total. The summed E-state index contributed by atoms with van der Waals surface area (Å²) in [6.45, 7) is 8.25. The fourth-order valence-corrected chi connectivity index (χ4v) is 4.43. The van der Waals surface area contributed by atoms with Crippen LogP contribution in [-0.2, 0) is 6.54 Å². The number of benzene rings is 1. The van der Waals surface area contributed by atoms with Gasteiger partial charge in [0.1, 0.15) is 4.88 Å². The van der Waals surface area contributed by atoms with Gasteiger partial charge in [0.05, 0.1) is 27.5 Å². The molecule has 2 aromatic heterocycles. The molecule has 0 saturated heterocycles. The zero-order valence-corrected chi connectivity index (χ0v) is 15.6. The van der Waals surface area contributed by atoms with E-state index in [2.05, 4.69) is 41.9 Å². The lowest BCUT2D eigenvalue weighted by atomic mass is 10.1. The minimum Gasteiger partial charge on any atom is -0.305 e. The van der Waals surface area contributed by atoms with Crippen LogP contribution in [0.5, 0.6) is 0 Å². The molecule has 0 unspecified atom stereocenters. The summed E-state index contributed by atoms with van der Waals surface area (Å²) in [5, 5.41) is 0.866. The number of amides is 1. The van der Waals surface area contributed by atoms with Crippen molar-refractivity contribution in [2.45, 2.75) is 34.2 Å². The molecule has 0 aliphatic carbocycles. The Labute approximate surface area is 148 Å². The van der Waals surface area contributed by atoms with Crippen LogP contribution in [0.15, 0.2) is 17.1 Å². The Balaban J connectivity index is 2.21. The first-order valence-corrected chi connectivity index (χ1v) is 9.11. The maximum absolute atomic E-state index is 12.6. The fraction of sp³-hybridized carbons (Fsp3) is 0.278. The van der Waals surface area contributed by atoms with Crippen molar-refractivity contribution >= 4 is 38.8 Å². The smallest absolute Gasteiger partial charge is 0.291 e. The van der Waals surface area contributed by atoms with Crippen molar-refractivity contribution in [1.29, 1.82) is 0 Å². The highest BCUT2D eigenvalue weighted by Crippen LogP contribution is 2.22. The molecule has 0 radical (unpaired) electrons. The Morgan fingerprint density at radius 3 is 2.58 bits per heavy atom. The molecule has 0 saturated carbocycles. The van der Waals surface area contributed by atoms with E-state index in [-0.39, 0.29) is 5.91 Å². The Morgan fingerprint density at radius 1 is 1.25 bits per heavy atom. The number of thiazole rings is 2. The largest absolute Gasteiger partial charge is 0.305 e. The number of carbonyl (C=O) groups is 1. The van der Waals surface area contributed by atoms with E-state index in [0.29, 0.717) is 16.2 Å². The van der Waals surface area contributed by atoms with Crippen molar-refractivity contribution in [1.82, 2.24) is 9.55 Å². The number of rotatable bonds is 2. The maximum Gasteiger partial charge on any atom is 0.291 e. The molecule has 1 amide bonds. The monoisotopic (exact) mass is 355 g/mol. The minimum absolute atomic E-state index is 0.260. The third-order valence-electron chi connectivity index (χ3n) is 3.84. The highest BCUT2D eigenvalue weighted by molar-refractivity contribution is 7.16. The van der Waals surface area contributed by atoms with Crippen LogP contribution in [-0.4, -0.2) is 15.5 Å². The molecule has 0 bridgehead atoms. The van der Waals surface area contributed by atoms with Crippen molar-refractivity contribution in [3.8, 4) is 12.3 Å². The van der Waals surface area contributed by atoms with E-state index in [4.69, 9.17) is 6.42 Å². The predicted octanol–water partition coefficient (Wildman–Crippen LogP) is 3.77. The summed E-state index contributed by atoms with van der Waals surface area (Å²) >= 11 is 2.86. The molecule has 3 rings (SSSR count). The maximum atomic E-state index is 12.6. The Morgan fingerprint density at radius 2 is 1.96 bits per heavy atom. The lowest BCUT2D eigenvalue weighted by Crippen LogP contribution is -2.16. The second kappa shape index (κ2) is 6.34. The second-order valence-electron chi connectivity index (χ2n) is 5.64. The van der Waals surface area contributed by atoms with Crippen LogP contribution in [0.3, 0.4) is 0 Å². The van der Waals surface area contributed by atoms with Crippen molar-refractivity contribution in [3.05, 3.63) is 43.6 Å². The van der Waals surface area contributed by atoms with Gasteiger partial charge in [-0.1, -0.05) is 17.3 Å². The summed E-state index contributed by atoms with van der Waals surface area (Å²) in [5.74, 6) is 2.39. The summed E-state index contributed by atoms with van der Waals surface area (Å²) in [6, 6.07) is 4.22. The van der Waals surface area contributed by atoms with E-state index in [1.165, 1.54) is 33.8 Å². The molecular weight excluding hydrogens is 338 g/mol. The minimum atomic E-state index is -0.260. The van der Waals surface area contributed by atoms with E-state index >= 15 is 0 Å². The average Bonchev–Trinajstić information content (AvgIpc) is 3.01. The predicted molar refractivity (Wildman–Crippen MR) is 99.6 cm³/mol. The Kier molecular flexibility index (Phi) is 4.39. The SMILES string of the molecule is C#CCn1c(=NC(=O)c2sc(C)nc2C)sc2cc(C)c(C)cc21. The first kappa shape index (κ1) is 16.6. The second-order valence-corrected chi connectivity index (χ2v) is 7.86. The summed E-state index contributed by atoms with van der Waals surface area (Å²) in [6.07, 6.45) is 5.52. The van der Waals surface area contributed by atoms with Gasteiger partial charge in [0.15, 0.2) is 4.80 Å². The molecule has 24 heavy (non-hydrogen) atoms. The standard InChI is InChI=1S/C18H17N3OS2/c1-6-7-21-14-8-10(2)11(3)9-15(14)24-18(21)20-17(22)16-12(4)19-13(5)23-16/h1,8-9H,7H2,2-5H3. The van der Waals surface area contributed by atoms with Gasteiger partial charge in [-0.05, 0) is 51.0 Å². The van der Waals surface area contributed by atoms with Gasteiger partial charge < -0.3 is 4.57 Å². The van der Waals surface area contributed by atoms with Crippen molar-refractivity contribution < 1.29 is 4.79 Å². The molecule has 2 heterocycles. The van der Waals surface area contributed by atoms with Gasteiger partial charge in [-0.25, -0.2) is 4.98 Å². The Hall–Kier alpha value is -2.23. The number of aryl methyl sites for hydroxylation is 4.